The maximum atomic E-state index is 11.3. The zero-order valence-electron chi connectivity index (χ0n) is 28.7. The van der Waals surface area contributed by atoms with Crippen LogP contribution in [0.3, 0.4) is 0 Å². The van der Waals surface area contributed by atoms with Crippen LogP contribution in [0.5, 0.6) is 0 Å². The summed E-state index contributed by atoms with van der Waals surface area (Å²) in [6.45, 7) is 7.57. The van der Waals surface area contributed by atoms with Crippen molar-refractivity contribution in [2.45, 2.75) is 37.0 Å². The van der Waals surface area contributed by atoms with Crippen LogP contribution >= 0.6 is 67.4 Å². The summed E-state index contributed by atoms with van der Waals surface area (Å²) in [4.78, 5) is 40.9. The average molecular weight is 1020 g/mol. The smallest absolute Gasteiger partial charge is 0.154 e. The molecule has 2 saturated heterocycles. The van der Waals surface area contributed by atoms with Gasteiger partial charge in [-0.15, -0.1) is 11.6 Å². The Hall–Kier alpha value is 0.208. The van der Waals surface area contributed by atoms with E-state index in [-0.39, 0.29) is 105 Å². The van der Waals surface area contributed by atoms with E-state index >= 15 is 0 Å². The molecule has 4 heterocycles. The first kappa shape index (κ1) is 51.2. The summed E-state index contributed by atoms with van der Waals surface area (Å²) in [5.41, 5.74) is 9.54. The zero-order chi connectivity index (χ0) is 34.2. The summed E-state index contributed by atoms with van der Waals surface area (Å²) in [6.07, 6.45) is 3.88. The number of aliphatic imine (C=N–C) groups is 3. The van der Waals surface area contributed by atoms with Crippen LogP contribution in [0, 0.1) is 6.92 Å². The van der Waals surface area contributed by atoms with E-state index in [4.69, 9.17) is 44.5 Å². The quantitative estimate of drug-likeness (QED) is 0.174. The molecule has 2 aromatic carbocycles. The van der Waals surface area contributed by atoms with Crippen LogP contribution in [-0.4, -0.2) is 123 Å². The summed E-state index contributed by atoms with van der Waals surface area (Å²) in [5.74, 6) is -0.673. The molecule has 2 spiro atoms. The molecule has 0 bridgehead atoms. The minimum atomic E-state index is -0.730. The second-order valence-electron chi connectivity index (χ2n) is 11.8. The number of ketones is 1. The number of carbonyl (C=O) groups is 2. The molecule has 51 heavy (non-hydrogen) atoms. The third kappa shape index (κ3) is 15.3. The Bertz CT molecular complexity index is 1560. The number of halogens is 3. The number of nitrogens with one attached hydrogen (secondary N) is 2. The van der Waals surface area contributed by atoms with E-state index in [1.165, 1.54) is 11.8 Å². The zero-order valence-corrected chi connectivity index (χ0v) is 39.9. The van der Waals surface area contributed by atoms with Gasteiger partial charge < -0.3 is 37.4 Å². The second kappa shape index (κ2) is 24.0. The minimum absolute atomic E-state index is 0. The van der Waals surface area contributed by atoms with Crippen LogP contribution in [0.15, 0.2) is 72.5 Å². The van der Waals surface area contributed by atoms with Crippen molar-refractivity contribution in [1.29, 1.82) is 0 Å². The van der Waals surface area contributed by atoms with E-state index in [9.17, 15) is 9.59 Å². The number of amides is 1. The molecule has 264 valence electrons. The van der Waals surface area contributed by atoms with Crippen molar-refractivity contribution in [2.75, 3.05) is 51.9 Å². The maximum absolute atomic E-state index is 11.3. The first-order valence-electron chi connectivity index (χ1n) is 15.1. The molecule has 4 aliphatic heterocycles. The first-order chi connectivity index (χ1) is 22.3. The Labute approximate surface area is 387 Å². The van der Waals surface area contributed by atoms with Crippen LogP contribution < -0.4 is 5.32 Å². The molecular formula is C33H38B2Br2ClN7O2S2Y2-2. The summed E-state index contributed by atoms with van der Waals surface area (Å²) in [6, 6.07) is 16.3. The predicted octanol–water partition coefficient (Wildman–Crippen LogP) is 5.84. The molecular weight excluding hydrogens is 985 g/mol. The van der Waals surface area contributed by atoms with E-state index in [1.807, 2.05) is 36.4 Å². The van der Waals surface area contributed by atoms with Gasteiger partial charge in [-0.25, -0.2) is 4.99 Å². The van der Waals surface area contributed by atoms with Gasteiger partial charge in [0.2, 0.25) is 0 Å². The number of rotatable bonds is 5. The number of alkyl halides is 1. The monoisotopic (exact) mass is 1020 g/mol. The Morgan fingerprint density at radius 3 is 1.73 bits per heavy atom. The normalized spacial score (nSPS) is 18.3. The average Bonchev–Trinajstić information content (AvgIpc) is 3.57. The Morgan fingerprint density at radius 1 is 0.863 bits per heavy atom. The fourth-order valence-corrected chi connectivity index (χ4v) is 7.07. The number of hydrogen-bond acceptors (Lipinski definition) is 9. The topological polar surface area (TPSA) is 114 Å². The van der Waals surface area contributed by atoms with Crippen molar-refractivity contribution in [3.63, 3.8) is 0 Å². The molecule has 6 rings (SSSR count). The van der Waals surface area contributed by atoms with Crippen molar-refractivity contribution in [3.05, 3.63) is 81.3 Å². The number of benzene rings is 2. The fraction of sp³-hybridized carbons (Fsp3) is 0.424. The Morgan fingerprint density at radius 2 is 1.29 bits per heavy atom. The van der Waals surface area contributed by atoms with Gasteiger partial charge in [0.15, 0.2) is 5.66 Å². The number of thioether (sulfide) groups is 1. The maximum Gasteiger partial charge on any atom is 0.154 e. The molecule has 18 heteroatoms. The van der Waals surface area contributed by atoms with Crippen molar-refractivity contribution >= 4 is 117 Å². The standard InChI is InChI=1S/C17H19BrN3OS.C14H16BrN3S.C2H4ClNO.2B.2Y/c1-12(22)11-23-16-15(13-3-5-14(18)6-4-13)19-17(20-16)7-9-21(2)10-8-17;1-18-8-6-14(7-9-18)16-12(13(19)17-14)10-2-4-11(15)5-3-10;3-1-2(4)5;;;;/h3-6H,1,7-11H2,2H3;2-5H,6-9H2,1H3,(H,17,19);1H2,(H2,4,5);;;;/q-1;;;;;;/p-1. The van der Waals surface area contributed by atoms with Crippen LogP contribution in [-0.2, 0) is 75.0 Å². The van der Waals surface area contributed by atoms with Gasteiger partial charge in [-0.3, -0.25) is 9.98 Å². The van der Waals surface area contributed by atoms with Gasteiger partial charge in [-0.1, -0.05) is 80.1 Å². The third-order valence-electron chi connectivity index (χ3n) is 8.05. The number of thiocarbonyl (C=S) groups is 1. The van der Waals surface area contributed by atoms with Crippen LogP contribution in [0.1, 0.15) is 36.8 Å². The molecule has 9 nitrogen and oxygen atoms in total. The summed E-state index contributed by atoms with van der Waals surface area (Å²) >= 11 is 18.6. The van der Waals surface area contributed by atoms with Gasteiger partial charge in [0.25, 0.3) is 0 Å². The summed E-state index contributed by atoms with van der Waals surface area (Å²) in [7, 11) is 4.28. The molecule has 0 saturated carbocycles. The second-order valence-corrected chi connectivity index (χ2v) is 15.3. The molecule has 2 fully saturated rings. The molecule has 0 atom stereocenters. The summed E-state index contributed by atoms with van der Waals surface area (Å²) < 4.78 is 2.11. The number of nitrogens with zero attached hydrogens (tertiary/aromatic N) is 5. The fourth-order valence-electron chi connectivity index (χ4n) is 5.36. The number of piperidine rings is 2. The largest absolute Gasteiger partial charge is 0.667 e. The van der Waals surface area contributed by atoms with Gasteiger partial charge in [0, 0.05) is 166 Å². The van der Waals surface area contributed by atoms with Gasteiger partial charge >= 0.3 is 0 Å². The van der Waals surface area contributed by atoms with Crippen LogP contribution in [0.4, 0.5) is 0 Å². The van der Waals surface area contributed by atoms with Crippen molar-refractivity contribution < 1.29 is 75.0 Å². The van der Waals surface area contributed by atoms with E-state index < -0.39 is 5.91 Å². The predicted molar refractivity (Wildman–Crippen MR) is 218 cm³/mol. The van der Waals surface area contributed by atoms with E-state index in [1.54, 1.807) is 0 Å². The molecule has 0 aliphatic carbocycles. The SMILES string of the molecule is CN1CCC2(CC1)N=C(c1ccc(Br)cc1)C(=S)N2.[B].[B].[CH2-]C(=O)CSC1=NC2(CCN(C)CC2)N=C1c1ccc(Br)cc1.[NH-]C(=O)CCl.[Y].[Y]. The molecule has 4 aliphatic rings. The number of carbonyl (C=O) groups excluding carboxylic acids is 2. The number of Topliss-reactive ketones (excluding diaryl/α,β-unsaturated/α-hetero) is 1. The Kier molecular flexibility index (Phi) is 24.1. The molecule has 2 aromatic rings. The van der Waals surface area contributed by atoms with Gasteiger partial charge in [0.05, 0.1) is 17.5 Å². The molecule has 2 N–H and O–H groups in total. The van der Waals surface area contributed by atoms with Gasteiger partial charge in [-0.2, -0.15) is 0 Å². The molecule has 8 radical (unpaired) electrons. The van der Waals surface area contributed by atoms with Gasteiger partial charge in [-0.05, 0) is 38.4 Å². The number of hydrogen-bond donors (Lipinski definition) is 1. The van der Waals surface area contributed by atoms with Crippen LogP contribution in [0.25, 0.3) is 5.73 Å². The molecule has 0 unspecified atom stereocenters. The van der Waals surface area contributed by atoms with E-state index in [2.05, 4.69) is 80.1 Å². The molecule has 0 aromatic heterocycles. The third-order valence-corrected chi connectivity index (χ3v) is 10.7. The van der Waals surface area contributed by atoms with E-state index in [0.29, 0.717) is 5.75 Å². The van der Waals surface area contributed by atoms with Crippen molar-refractivity contribution in [1.82, 2.24) is 15.1 Å². The van der Waals surface area contributed by atoms with Crippen molar-refractivity contribution in [3.8, 4) is 0 Å². The van der Waals surface area contributed by atoms with Crippen molar-refractivity contribution in [2.24, 2.45) is 15.0 Å². The molecule has 1 amide bonds. The Balaban J connectivity index is 0.000000818. The number of likely N-dealkylation sites (tertiary alicyclic amines) is 2. The van der Waals surface area contributed by atoms with Gasteiger partial charge in [0.1, 0.15) is 21.4 Å². The van der Waals surface area contributed by atoms with Crippen LogP contribution in [0.2, 0.25) is 0 Å². The first-order valence-corrected chi connectivity index (χ1v) is 18.6. The minimum Gasteiger partial charge on any atom is -0.667 e. The van der Waals surface area contributed by atoms with E-state index in [0.717, 1.165) is 93.4 Å². The summed E-state index contributed by atoms with van der Waals surface area (Å²) in [5, 5.41) is 4.31.